The van der Waals surface area contributed by atoms with Crippen molar-refractivity contribution in [1.29, 1.82) is 0 Å². The summed E-state index contributed by atoms with van der Waals surface area (Å²) in [7, 11) is 0. The van der Waals surface area contributed by atoms with Crippen LogP contribution in [0.5, 0.6) is 5.75 Å². The number of para-hydroxylation sites is 1. The lowest BCUT2D eigenvalue weighted by molar-refractivity contribution is -0.118. The lowest BCUT2D eigenvalue weighted by Gasteiger charge is -2.11. The second-order valence-corrected chi connectivity index (χ2v) is 6.23. The van der Waals surface area contributed by atoms with Crippen LogP contribution >= 0.6 is 34.2 Å². The average molecular weight is 416 g/mol. The van der Waals surface area contributed by atoms with Crippen molar-refractivity contribution in [2.24, 2.45) is 0 Å². The molecule has 0 bridgehead atoms. The van der Waals surface area contributed by atoms with Gasteiger partial charge in [-0.3, -0.25) is 4.79 Å². The Labute approximate surface area is 142 Å². The molecule has 0 saturated heterocycles. The fourth-order valence-electron chi connectivity index (χ4n) is 1.89. The van der Waals surface area contributed by atoms with Gasteiger partial charge in [-0.1, -0.05) is 23.7 Å². The first-order valence-electron chi connectivity index (χ1n) is 6.41. The van der Waals surface area contributed by atoms with Crippen LogP contribution in [0.25, 0.3) is 0 Å². The normalized spacial score (nSPS) is 10.3. The van der Waals surface area contributed by atoms with Gasteiger partial charge in [-0.2, -0.15) is 0 Å². The molecule has 0 saturated carbocycles. The number of amides is 1. The SMILES string of the molecule is Cc1cc(OCC(=O)Nc2ccccc2I)cc(C)c1Cl. The highest BCUT2D eigenvalue weighted by atomic mass is 127. The summed E-state index contributed by atoms with van der Waals surface area (Å²) in [5.74, 6) is 0.455. The molecule has 0 aromatic heterocycles. The molecule has 0 fully saturated rings. The molecule has 21 heavy (non-hydrogen) atoms. The minimum Gasteiger partial charge on any atom is -0.484 e. The lowest BCUT2D eigenvalue weighted by Crippen LogP contribution is -2.20. The van der Waals surface area contributed by atoms with E-state index in [-0.39, 0.29) is 12.5 Å². The largest absolute Gasteiger partial charge is 0.484 e. The van der Waals surface area contributed by atoms with E-state index in [1.807, 2.05) is 50.2 Å². The van der Waals surface area contributed by atoms with Gasteiger partial charge in [0, 0.05) is 8.59 Å². The van der Waals surface area contributed by atoms with Crippen molar-refractivity contribution < 1.29 is 9.53 Å². The van der Waals surface area contributed by atoms with Gasteiger partial charge in [-0.15, -0.1) is 0 Å². The predicted molar refractivity (Wildman–Crippen MR) is 94.2 cm³/mol. The molecule has 3 nitrogen and oxygen atoms in total. The van der Waals surface area contributed by atoms with Crippen LogP contribution < -0.4 is 10.1 Å². The molecule has 110 valence electrons. The number of anilines is 1. The van der Waals surface area contributed by atoms with Crippen molar-refractivity contribution in [2.45, 2.75) is 13.8 Å². The number of hydrogen-bond donors (Lipinski definition) is 1. The Hall–Kier alpha value is -1.27. The van der Waals surface area contributed by atoms with Gasteiger partial charge in [0.1, 0.15) is 5.75 Å². The molecule has 0 aliphatic rings. The van der Waals surface area contributed by atoms with Gasteiger partial charge in [0.05, 0.1) is 5.69 Å². The maximum Gasteiger partial charge on any atom is 0.262 e. The van der Waals surface area contributed by atoms with Crippen LogP contribution in [0.1, 0.15) is 11.1 Å². The first kappa shape index (κ1) is 16.1. The highest BCUT2D eigenvalue weighted by Crippen LogP contribution is 2.25. The molecular formula is C16H15ClINO2. The molecule has 0 radical (unpaired) electrons. The molecule has 0 aliphatic heterocycles. The summed E-state index contributed by atoms with van der Waals surface area (Å²) in [6.07, 6.45) is 0. The molecule has 1 amide bonds. The molecule has 5 heteroatoms. The highest BCUT2D eigenvalue weighted by molar-refractivity contribution is 14.1. The summed E-state index contributed by atoms with van der Waals surface area (Å²) in [4.78, 5) is 11.9. The summed E-state index contributed by atoms with van der Waals surface area (Å²) >= 11 is 8.28. The van der Waals surface area contributed by atoms with Crippen molar-refractivity contribution in [3.05, 3.63) is 56.1 Å². The van der Waals surface area contributed by atoms with Gasteiger partial charge in [-0.05, 0) is 71.8 Å². The number of carbonyl (C=O) groups is 1. The predicted octanol–water partition coefficient (Wildman–Crippen LogP) is 4.58. The molecule has 2 aromatic rings. The number of nitrogens with one attached hydrogen (secondary N) is 1. The molecule has 2 aromatic carbocycles. The molecule has 0 unspecified atom stereocenters. The summed E-state index contributed by atoms with van der Waals surface area (Å²) in [5.41, 5.74) is 2.66. The van der Waals surface area contributed by atoms with Crippen LogP contribution in [0.15, 0.2) is 36.4 Å². The maximum atomic E-state index is 11.9. The summed E-state index contributed by atoms with van der Waals surface area (Å²) in [6, 6.07) is 11.3. The Kier molecular flexibility index (Phi) is 5.47. The number of benzene rings is 2. The quantitative estimate of drug-likeness (QED) is 0.743. The summed E-state index contributed by atoms with van der Waals surface area (Å²) < 4.78 is 6.51. The Morgan fingerprint density at radius 1 is 1.24 bits per heavy atom. The van der Waals surface area contributed by atoms with E-state index in [1.165, 1.54) is 0 Å². The third kappa shape index (κ3) is 4.35. The van der Waals surface area contributed by atoms with Gasteiger partial charge in [0.25, 0.3) is 5.91 Å². The lowest BCUT2D eigenvalue weighted by atomic mass is 10.1. The van der Waals surface area contributed by atoms with E-state index >= 15 is 0 Å². The Bertz CT molecular complexity index is 650. The van der Waals surface area contributed by atoms with E-state index in [9.17, 15) is 4.79 Å². The highest BCUT2D eigenvalue weighted by Gasteiger charge is 2.08. The fourth-order valence-corrected chi connectivity index (χ4v) is 2.52. The zero-order valence-electron chi connectivity index (χ0n) is 11.7. The number of aryl methyl sites for hydroxylation is 2. The number of rotatable bonds is 4. The molecular weight excluding hydrogens is 401 g/mol. The van der Waals surface area contributed by atoms with Gasteiger partial charge < -0.3 is 10.1 Å². The zero-order chi connectivity index (χ0) is 15.4. The summed E-state index contributed by atoms with van der Waals surface area (Å²) in [5, 5.41) is 3.55. The molecule has 0 spiro atoms. The Balaban J connectivity index is 1.97. The van der Waals surface area contributed by atoms with Gasteiger partial charge >= 0.3 is 0 Å². The average Bonchev–Trinajstić information content (AvgIpc) is 2.45. The van der Waals surface area contributed by atoms with Gasteiger partial charge in [0.15, 0.2) is 6.61 Å². The van der Waals surface area contributed by atoms with E-state index in [4.69, 9.17) is 16.3 Å². The first-order chi connectivity index (χ1) is 9.97. The van der Waals surface area contributed by atoms with Crippen LogP contribution in [-0.2, 0) is 4.79 Å². The second kappa shape index (κ2) is 7.13. The fraction of sp³-hybridized carbons (Fsp3) is 0.188. The van der Waals surface area contributed by atoms with Crippen molar-refractivity contribution in [1.82, 2.24) is 0 Å². The van der Waals surface area contributed by atoms with Crippen molar-refractivity contribution in [3.8, 4) is 5.75 Å². The van der Waals surface area contributed by atoms with Gasteiger partial charge in [-0.25, -0.2) is 0 Å². The topological polar surface area (TPSA) is 38.3 Å². The third-order valence-corrected chi connectivity index (χ3v) is 4.46. The van der Waals surface area contributed by atoms with Crippen molar-refractivity contribution >= 4 is 45.8 Å². The third-order valence-electron chi connectivity index (χ3n) is 2.93. The molecule has 1 N–H and O–H groups in total. The van der Waals surface area contributed by atoms with E-state index in [0.717, 1.165) is 25.4 Å². The number of hydrogen-bond acceptors (Lipinski definition) is 2. The molecule has 0 heterocycles. The molecule has 2 rings (SSSR count). The van der Waals surface area contributed by atoms with Crippen LogP contribution in [-0.4, -0.2) is 12.5 Å². The Morgan fingerprint density at radius 2 is 1.86 bits per heavy atom. The van der Waals surface area contributed by atoms with Crippen molar-refractivity contribution in [3.63, 3.8) is 0 Å². The number of carbonyl (C=O) groups excluding carboxylic acids is 1. The maximum absolute atomic E-state index is 11.9. The number of halogens is 2. The number of ether oxygens (including phenoxy) is 1. The zero-order valence-corrected chi connectivity index (χ0v) is 14.7. The first-order valence-corrected chi connectivity index (χ1v) is 7.87. The van der Waals surface area contributed by atoms with E-state index < -0.39 is 0 Å². The molecule has 0 aliphatic carbocycles. The monoisotopic (exact) mass is 415 g/mol. The van der Waals surface area contributed by atoms with E-state index in [2.05, 4.69) is 27.9 Å². The van der Waals surface area contributed by atoms with E-state index in [0.29, 0.717) is 5.75 Å². The smallest absolute Gasteiger partial charge is 0.262 e. The Morgan fingerprint density at radius 3 is 2.48 bits per heavy atom. The minimum atomic E-state index is -0.190. The van der Waals surface area contributed by atoms with Crippen LogP contribution in [0, 0.1) is 17.4 Å². The van der Waals surface area contributed by atoms with Crippen LogP contribution in [0.4, 0.5) is 5.69 Å². The standard InChI is InChI=1S/C16H15ClINO2/c1-10-7-12(8-11(2)16(10)17)21-9-15(20)19-14-6-4-3-5-13(14)18/h3-8H,9H2,1-2H3,(H,19,20). The minimum absolute atomic E-state index is 0.0362. The van der Waals surface area contributed by atoms with E-state index in [1.54, 1.807) is 0 Å². The van der Waals surface area contributed by atoms with Crippen LogP contribution in [0.3, 0.4) is 0 Å². The second-order valence-electron chi connectivity index (χ2n) is 4.69. The molecule has 0 atom stereocenters. The van der Waals surface area contributed by atoms with Gasteiger partial charge in [0.2, 0.25) is 0 Å². The summed E-state index contributed by atoms with van der Waals surface area (Å²) in [6.45, 7) is 3.79. The van der Waals surface area contributed by atoms with Crippen LogP contribution in [0.2, 0.25) is 5.02 Å². The van der Waals surface area contributed by atoms with Crippen molar-refractivity contribution in [2.75, 3.05) is 11.9 Å².